The van der Waals surface area contributed by atoms with Gasteiger partial charge >= 0.3 is 0 Å². The SMILES string of the molecule is O=Nc1ccc(CC(=O)N2CCOCC2)cc1. The summed E-state index contributed by atoms with van der Waals surface area (Å²) in [5.41, 5.74) is 1.28. The molecule has 5 heteroatoms. The molecule has 0 atom stereocenters. The lowest BCUT2D eigenvalue weighted by atomic mass is 10.1. The molecule has 1 fully saturated rings. The van der Waals surface area contributed by atoms with Gasteiger partial charge in [0.05, 0.1) is 19.6 Å². The van der Waals surface area contributed by atoms with Crippen LogP contribution >= 0.6 is 0 Å². The van der Waals surface area contributed by atoms with Crippen LogP contribution in [0.5, 0.6) is 0 Å². The quantitative estimate of drug-likeness (QED) is 0.744. The highest BCUT2D eigenvalue weighted by Gasteiger charge is 2.16. The van der Waals surface area contributed by atoms with Gasteiger partial charge in [0.15, 0.2) is 0 Å². The van der Waals surface area contributed by atoms with E-state index in [-0.39, 0.29) is 5.91 Å². The van der Waals surface area contributed by atoms with Crippen LogP contribution in [-0.4, -0.2) is 37.1 Å². The number of amides is 1. The molecule has 0 unspecified atom stereocenters. The van der Waals surface area contributed by atoms with Gasteiger partial charge < -0.3 is 9.64 Å². The lowest BCUT2D eigenvalue weighted by Crippen LogP contribution is -2.41. The molecule has 1 aromatic rings. The molecule has 0 saturated carbocycles. The minimum atomic E-state index is 0.0973. The second-order valence-corrected chi connectivity index (χ2v) is 3.93. The highest BCUT2D eigenvalue weighted by atomic mass is 16.5. The van der Waals surface area contributed by atoms with Crippen LogP contribution in [0.2, 0.25) is 0 Å². The second-order valence-electron chi connectivity index (χ2n) is 3.93. The predicted octanol–water partition coefficient (Wildman–Crippen LogP) is 1.49. The third kappa shape index (κ3) is 3.10. The third-order valence-corrected chi connectivity index (χ3v) is 2.76. The maximum absolute atomic E-state index is 11.9. The van der Waals surface area contributed by atoms with Gasteiger partial charge in [0, 0.05) is 13.1 Å². The van der Waals surface area contributed by atoms with E-state index in [2.05, 4.69) is 5.18 Å². The lowest BCUT2D eigenvalue weighted by Gasteiger charge is -2.26. The molecule has 0 spiro atoms. The summed E-state index contributed by atoms with van der Waals surface area (Å²) in [6.45, 7) is 2.54. The second kappa shape index (κ2) is 5.54. The Hall–Kier alpha value is -1.75. The number of benzene rings is 1. The van der Waals surface area contributed by atoms with E-state index in [1.165, 1.54) is 0 Å². The first-order valence-corrected chi connectivity index (χ1v) is 5.57. The molecule has 1 aliphatic heterocycles. The van der Waals surface area contributed by atoms with Gasteiger partial charge in [-0.2, -0.15) is 0 Å². The van der Waals surface area contributed by atoms with E-state index in [0.717, 1.165) is 5.56 Å². The van der Waals surface area contributed by atoms with Crippen molar-refractivity contribution in [3.8, 4) is 0 Å². The van der Waals surface area contributed by atoms with Gasteiger partial charge in [0.1, 0.15) is 5.69 Å². The smallest absolute Gasteiger partial charge is 0.227 e. The molecule has 1 saturated heterocycles. The summed E-state index contributed by atoms with van der Waals surface area (Å²) in [4.78, 5) is 24.0. The van der Waals surface area contributed by atoms with Crippen LogP contribution in [0.4, 0.5) is 5.69 Å². The van der Waals surface area contributed by atoms with Crippen molar-refractivity contribution < 1.29 is 9.53 Å². The van der Waals surface area contributed by atoms with Crippen molar-refractivity contribution in [2.45, 2.75) is 6.42 Å². The summed E-state index contributed by atoms with van der Waals surface area (Å²) in [6, 6.07) is 6.76. The van der Waals surface area contributed by atoms with Gasteiger partial charge in [-0.1, -0.05) is 12.1 Å². The number of rotatable bonds is 3. The number of ether oxygens (including phenoxy) is 1. The molecule has 1 aliphatic rings. The number of nitrogens with zero attached hydrogens (tertiary/aromatic N) is 2. The molecule has 5 nitrogen and oxygen atoms in total. The Bertz CT molecular complexity index is 397. The highest BCUT2D eigenvalue weighted by Crippen LogP contribution is 2.13. The fraction of sp³-hybridized carbons (Fsp3) is 0.417. The number of carbonyl (C=O) groups excluding carboxylic acids is 1. The van der Waals surface area contributed by atoms with Gasteiger partial charge in [-0.15, -0.1) is 4.91 Å². The Balaban J connectivity index is 1.94. The standard InChI is InChI=1S/C12H14N2O3/c15-12(14-5-7-17-8-6-14)9-10-1-3-11(13-16)4-2-10/h1-4H,5-9H2. The van der Waals surface area contributed by atoms with E-state index in [1.54, 1.807) is 29.2 Å². The fourth-order valence-electron chi connectivity index (χ4n) is 1.77. The van der Waals surface area contributed by atoms with Crippen molar-refractivity contribution in [1.82, 2.24) is 4.90 Å². The van der Waals surface area contributed by atoms with E-state index < -0.39 is 0 Å². The fourth-order valence-corrected chi connectivity index (χ4v) is 1.77. The monoisotopic (exact) mass is 234 g/mol. The van der Waals surface area contributed by atoms with E-state index in [4.69, 9.17) is 4.74 Å². The molecule has 17 heavy (non-hydrogen) atoms. The average molecular weight is 234 g/mol. The van der Waals surface area contributed by atoms with Crippen molar-refractivity contribution in [1.29, 1.82) is 0 Å². The first-order valence-electron chi connectivity index (χ1n) is 5.57. The van der Waals surface area contributed by atoms with Crippen molar-refractivity contribution in [2.75, 3.05) is 26.3 Å². The molecule has 1 heterocycles. The molecule has 0 aromatic heterocycles. The largest absolute Gasteiger partial charge is 0.378 e. The van der Waals surface area contributed by atoms with E-state index in [1.807, 2.05) is 0 Å². The summed E-state index contributed by atoms with van der Waals surface area (Å²) in [7, 11) is 0. The topological polar surface area (TPSA) is 59.0 Å². The van der Waals surface area contributed by atoms with Gasteiger partial charge in [-0.05, 0) is 22.9 Å². The number of carbonyl (C=O) groups is 1. The Labute approximate surface area is 99.3 Å². The van der Waals surface area contributed by atoms with Gasteiger partial charge in [0.25, 0.3) is 0 Å². The molecule has 0 radical (unpaired) electrons. The number of morpholine rings is 1. The van der Waals surface area contributed by atoms with Crippen molar-refractivity contribution in [2.24, 2.45) is 5.18 Å². The molecule has 0 N–H and O–H groups in total. The Kier molecular flexibility index (Phi) is 3.82. The molecule has 90 valence electrons. The highest BCUT2D eigenvalue weighted by molar-refractivity contribution is 5.79. The van der Waals surface area contributed by atoms with Crippen LogP contribution in [0.15, 0.2) is 29.4 Å². The van der Waals surface area contributed by atoms with Crippen LogP contribution in [-0.2, 0) is 16.0 Å². The van der Waals surface area contributed by atoms with Crippen LogP contribution in [0, 0.1) is 4.91 Å². The zero-order valence-electron chi connectivity index (χ0n) is 9.46. The molecule has 1 aromatic carbocycles. The molecule has 1 amide bonds. The lowest BCUT2D eigenvalue weighted by molar-refractivity contribution is -0.134. The van der Waals surface area contributed by atoms with E-state index in [9.17, 15) is 9.70 Å². The summed E-state index contributed by atoms with van der Waals surface area (Å²) < 4.78 is 5.19. The minimum absolute atomic E-state index is 0.0973. The van der Waals surface area contributed by atoms with Crippen LogP contribution in [0.3, 0.4) is 0 Å². The van der Waals surface area contributed by atoms with Crippen molar-refractivity contribution in [3.63, 3.8) is 0 Å². The molecule has 2 rings (SSSR count). The number of hydrogen-bond acceptors (Lipinski definition) is 4. The maximum Gasteiger partial charge on any atom is 0.227 e. The normalized spacial score (nSPS) is 15.6. The Morgan fingerprint density at radius 1 is 1.24 bits per heavy atom. The minimum Gasteiger partial charge on any atom is -0.378 e. The maximum atomic E-state index is 11.9. The Morgan fingerprint density at radius 3 is 2.47 bits per heavy atom. The molecular formula is C12H14N2O3. The predicted molar refractivity (Wildman–Crippen MR) is 63.0 cm³/mol. The summed E-state index contributed by atoms with van der Waals surface area (Å²) in [5.74, 6) is 0.0973. The van der Waals surface area contributed by atoms with E-state index in [0.29, 0.717) is 38.4 Å². The van der Waals surface area contributed by atoms with E-state index >= 15 is 0 Å². The van der Waals surface area contributed by atoms with Gasteiger partial charge in [-0.3, -0.25) is 4.79 Å². The molecule has 0 bridgehead atoms. The molecule has 0 aliphatic carbocycles. The van der Waals surface area contributed by atoms with Gasteiger partial charge in [-0.25, -0.2) is 0 Å². The molecular weight excluding hydrogens is 220 g/mol. The van der Waals surface area contributed by atoms with Crippen LogP contribution < -0.4 is 0 Å². The van der Waals surface area contributed by atoms with Crippen LogP contribution in [0.1, 0.15) is 5.56 Å². The third-order valence-electron chi connectivity index (χ3n) is 2.76. The van der Waals surface area contributed by atoms with Gasteiger partial charge in [0.2, 0.25) is 5.91 Å². The zero-order chi connectivity index (χ0) is 12.1. The average Bonchev–Trinajstić information content (AvgIpc) is 2.40. The number of hydrogen-bond donors (Lipinski definition) is 0. The van der Waals surface area contributed by atoms with Crippen LogP contribution in [0.25, 0.3) is 0 Å². The summed E-state index contributed by atoms with van der Waals surface area (Å²) in [5, 5.41) is 2.82. The summed E-state index contributed by atoms with van der Waals surface area (Å²) >= 11 is 0. The van der Waals surface area contributed by atoms with Crippen molar-refractivity contribution >= 4 is 11.6 Å². The first kappa shape index (κ1) is 11.7. The number of nitroso groups, excluding NO2 is 1. The first-order chi connectivity index (χ1) is 8.29. The summed E-state index contributed by atoms with van der Waals surface area (Å²) in [6.07, 6.45) is 0.360. The zero-order valence-corrected chi connectivity index (χ0v) is 9.46. The Morgan fingerprint density at radius 2 is 1.88 bits per heavy atom. The van der Waals surface area contributed by atoms with Crippen molar-refractivity contribution in [3.05, 3.63) is 34.7 Å².